The molecule has 3 saturated carbocycles. The average Bonchev–Trinajstić information content (AvgIpc) is 3.09. The molecule has 0 aromatic heterocycles. The van der Waals surface area contributed by atoms with Crippen LogP contribution in [-0.2, 0) is 14.3 Å². The zero-order chi connectivity index (χ0) is 28.5. The molecule has 9 heteroatoms. The van der Waals surface area contributed by atoms with Crippen LogP contribution in [-0.4, -0.2) is 62.8 Å². The largest absolute Gasteiger partial charge is 0.478 e. The van der Waals surface area contributed by atoms with Crippen molar-refractivity contribution in [2.75, 3.05) is 6.61 Å². The van der Waals surface area contributed by atoms with Gasteiger partial charge in [0.25, 0.3) is 0 Å². The van der Waals surface area contributed by atoms with Crippen molar-refractivity contribution in [3.63, 3.8) is 0 Å². The van der Waals surface area contributed by atoms with Crippen LogP contribution in [0.1, 0.15) is 67.2 Å². The van der Waals surface area contributed by atoms with Crippen LogP contribution in [0, 0.1) is 28.6 Å². The molecule has 3 fully saturated rings. The zero-order valence-electron chi connectivity index (χ0n) is 22.1. The van der Waals surface area contributed by atoms with E-state index in [0.29, 0.717) is 24.8 Å². The number of fused-ring (bicyclic) bond motifs is 5. The van der Waals surface area contributed by atoms with Gasteiger partial charge >= 0.3 is 11.9 Å². The number of alkyl halides is 1. The molecule has 0 heterocycles. The molecular weight excluding hydrogens is 507 g/mol. The van der Waals surface area contributed by atoms with Crippen molar-refractivity contribution < 1.29 is 43.6 Å². The summed E-state index contributed by atoms with van der Waals surface area (Å²) in [5.41, 5.74) is -6.36. The molecule has 4 aliphatic carbocycles. The van der Waals surface area contributed by atoms with Gasteiger partial charge in [-0.05, 0) is 68.7 Å². The fourth-order valence-electron chi connectivity index (χ4n) is 8.31. The van der Waals surface area contributed by atoms with Gasteiger partial charge in [0, 0.05) is 16.7 Å². The van der Waals surface area contributed by atoms with E-state index in [4.69, 9.17) is 4.74 Å². The van der Waals surface area contributed by atoms with Crippen LogP contribution in [0.25, 0.3) is 0 Å². The summed E-state index contributed by atoms with van der Waals surface area (Å²) in [6.45, 7) is 4.29. The van der Waals surface area contributed by atoms with Crippen molar-refractivity contribution in [2.45, 2.75) is 63.8 Å². The minimum atomic E-state index is -2.10. The molecule has 1 aromatic rings. The Balaban J connectivity index is 1.43. The Morgan fingerprint density at radius 3 is 2.46 bits per heavy atom. The number of aromatic carboxylic acids is 1. The average molecular weight is 541 g/mol. The van der Waals surface area contributed by atoms with E-state index >= 15 is 4.39 Å². The van der Waals surface area contributed by atoms with Gasteiger partial charge in [0.05, 0.1) is 17.2 Å². The summed E-state index contributed by atoms with van der Waals surface area (Å²) in [7, 11) is 0. The molecule has 8 nitrogen and oxygen atoms in total. The second kappa shape index (κ2) is 8.93. The molecule has 1 aromatic carbocycles. The summed E-state index contributed by atoms with van der Waals surface area (Å²) in [6, 6.07) is 5.45. The molecule has 3 N–H and O–H groups in total. The SMILES string of the molecule is C[C@@H]1C[C@H]2[C@@H]3CCC4=CC(=O)C=C[C@]4(C)[C@@]3(F)[C@@H](O)C[C@]2(C)[C@@]1(O)C(=O)COC(=O)c1ccccc1C(=O)O. The molecular formula is C30H33FO8. The van der Waals surface area contributed by atoms with E-state index in [1.54, 1.807) is 26.8 Å². The third-order valence-corrected chi connectivity index (χ3v) is 10.4. The smallest absolute Gasteiger partial charge is 0.339 e. The standard InChI is InChI=1S/C30H33FO8/c1-16-12-22-21-9-8-17-13-18(32)10-11-27(17,2)29(21,31)23(33)14-28(22,3)30(16,38)24(34)15-39-26(37)20-7-5-4-6-19(20)25(35)36/h4-7,10-11,13,16,21-23,33,38H,8-9,12,14-15H2,1-3H3,(H,35,36)/t16-,21+,22+,23+,27+,28+,29+,30+/m1/s1. The fourth-order valence-corrected chi connectivity index (χ4v) is 8.31. The predicted molar refractivity (Wildman–Crippen MR) is 137 cm³/mol. The summed E-state index contributed by atoms with van der Waals surface area (Å²) in [5.74, 6) is -5.08. The number of aliphatic hydroxyl groups is 2. The maximum atomic E-state index is 17.3. The molecule has 0 bridgehead atoms. The Labute approximate surface area is 225 Å². The lowest BCUT2D eigenvalue weighted by Crippen LogP contribution is -2.69. The van der Waals surface area contributed by atoms with Gasteiger partial charge in [-0.2, -0.15) is 0 Å². The quantitative estimate of drug-likeness (QED) is 0.483. The van der Waals surface area contributed by atoms with Crippen LogP contribution in [0.4, 0.5) is 4.39 Å². The van der Waals surface area contributed by atoms with Crippen LogP contribution >= 0.6 is 0 Å². The Morgan fingerprint density at radius 2 is 1.79 bits per heavy atom. The summed E-state index contributed by atoms with van der Waals surface area (Å²) in [6.07, 6.45) is 3.76. The van der Waals surface area contributed by atoms with E-state index in [2.05, 4.69) is 0 Å². The van der Waals surface area contributed by atoms with E-state index in [-0.39, 0.29) is 23.3 Å². The minimum absolute atomic E-state index is 0.197. The van der Waals surface area contributed by atoms with Gasteiger partial charge in [-0.15, -0.1) is 0 Å². The number of benzene rings is 1. The highest BCUT2D eigenvalue weighted by Gasteiger charge is 2.75. The van der Waals surface area contributed by atoms with E-state index in [9.17, 15) is 34.5 Å². The summed E-state index contributed by atoms with van der Waals surface area (Å²) in [4.78, 5) is 49.7. The van der Waals surface area contributed by atoms with Crippen LogP contribution in [0.5, 0.6) is 0 Å². The third-order valence-electron chi connectivity index (χ3n) is 10.4. The Hall–Kier alpha value is -3.17. The minimum Gasteiger partial charge on any atom is -0.478 e. The lowest BCUT2D eigenvalue weighted by molar-refractivity contribution is -0.219. The van der Waals surface area contributed by atoms with Gasteiger partial charge in [-0.1, -0.05) is 37.6 Å². The number of carboxylic acids is 1. The van der Waals surface area contributed by atoms with E-state index in [1.807, 2.05) is 0 Å². The first-order valence-corrected chi connectivity index (χ1v) is 13.3. The van der Waals surface area contributed by atoms with Crippen LogP contribution in [0.2, 0.25) is 0 Å². The second-order valence-corrected chi connectivity index (χ2v) is 12.0. The maximum absolute atomic E-state index is 17.3. The third kappa shape index (κ3) is 3.55. The van der Waals surface area contributed by atoms with Crippen LogP contribution < -0.4 is 0 Å². The second-order valence-electron chi connectivity index (χ2n) is 12.0. The number of ether oxygens (including phenoxy) is 1. The van der Waals surface area contributed by atoms with Gasteiger partial charge in [-0.25, -0.2) is 14.0 Å². The van der Waals surface area contributed by atoms with Gasteiger partial charge in [-0.3, -0.25) is 9.59 Å². The van der Waals surface area contributed by atoms with Gasteiger partial charge in [0.15, 0.2) is 18.1 Å². The lowest BCUT2D eigenvalue weighted by atomic mass is 9.44. The van der Waals surface area contributed by atoms with Crippen molar-refractivity contribution in [1.29, 1.82) is 0 Å². The summed E-state index contributed by atoms with van der Waals surface area (Å²) >= 11 is 0. The van der Waals surface area contributed by atoms with E-state index in [1.165, 1.54) is 36.4 Å². The number of carbonyl (C=O) groups is 4. The number of carbonyl (C=O) groups excluding carboxylic acids is 3. The lowest BCUT2D eigenvalue weighted by Gasteiger charge is -2.62. The van der Waals surface area contributed by atoms with Gasteiger partial charge in [0.1, 0.15) is 5.60 Å². The highest BCUT2D eigenvalue weighted by Crippen LogP contribution is 2.70. The number of hydrogen-bond acceptors (Lipinski definition) is 7. The normalized spacial score (nSPS) is 40.7. The van der Waals surface area contributed by atoms with Crippen molar-refractivity contribution >= 4 is 23.5 Å². The number of Topliss-reactive ketones (excluding diaryl/α,β-unsaturated/α-hetero) is 1. The number of aliphatic hydroxyl groups excluding tert-OH is 1. The molecule has 8 atom stereocenters. The highest BCUT2D eigenvalue weighted by atomic mass is 19.1. The predicted octanol–water partition coefficient (Wildman–Crippen LogP) is 3.46. The summed E-state index contributed by atoms with van der Waals surface area (Å²) < 4.78 is 22.4. The highest BCUT2D eigenvalue weighted by molar-refractivity contribution is 6.03. The van der Waals surface area contributed by atoms with Crippen LogP contribution in [0.3, 0.4) is 0 Å². The molecule has 39 heavy (non-hydrogen) atoms. The zero-order valence-corrected chi connectivity index (χ0v) is 22.1. The Kier molecular flexibility index (Phi) is 6.27. The van der Waals surface area contributed by atoms with Crippen molar-refractivity contribution in [2.24, 2.45) is 28.6 Å². The molecule has 5 rings (SSSR count). The molecule has 0 aliphatic heterocycles. The van der Waals surface area contributed by atoms with Crippen molar-refractivity contribution in [3.8, 4) is 0 Å². The molecule has 0 spiro atoms. The Bertz CT molecular complexity index is 1330. The van der Waals surface area contributed by atoms with Crippen molar-refractivity contribution in [1.82, 2.24) is 0 Å². The monoisotopic (exact) mass is 540 g/mol. The number of allylic oxidation sites excluding steroid dienone is 4. The first kappa shape index (κ1) is 27.4. The topological polar surface area (TPSA) is 138 Å². The van der Waals surface area contributed by atoms with E-state index < -0.39 is 70.3 Å². The van der Waals surface area contributed by atoms with Crippen LogP contribution in [0.15, 0.2) is 48.1 Å². The Morgan fingerprint density at radius 1 is 1.13 bits per heavy atom. The number of ketones is 2. The number of hydrogen-bond donors (Lipinski definition) is 3. The van der Waals surface area contributed by atoms with Gasteiger partial charge in [0.2, 0.25) is 5.78 Å². The van der Waals surface area contributed by atoms with E-state index in [0.717, 1.165) is 0 Å². The molecule has 4 aliphatic rings. The molecule has 0 saturated heterocycles. The molecule has 0 unspecified atom stereocenters. The summed E-state index contributed by atoms with van der Waals surface area (Å²) in [5, 5.41) is 32.8. The number of esters is 1. The first-order chi connectivity index (χ1) is 18.2. The molecule has 0 radical (unpaired) electrons. The first-order valence-electron chi connectivity index (χ1n) is 13.3. The van der Waals surface area contributed by atoms with Crippen molar-refractivity contribution in [3.05, 3.63) is 59.2 Å². The molecule has 0 amide bonds. The fraction of sp³-hybridized carbons (Fsp3) is 0.533. The molecule has 208 valence electrons. The van der Waals surface area contributed by atoms with Gasteiger partial charge < -0.3 is 20.1 Å². The number of carboxylic acid groups (broad SMARTS) is 1. The number of rotatable bonds is 5. The number of halogens is 1. The maximum Gasteiger partial charge on any atom is 0.339 e.